The summed E-state index contributed by atoms with van der Waals surface area (Å²) in [7, 11) is -1.30. The van der Waals surface area contributed by atoms with Gasteiger partial charge in [-0.05, 0) is 85.4 Å². The average molecular weight is 669 g/mol. The van der Waals surface area contributed by atoms with E-state index in [4.69, 9.17) is 10.2 Å². The second-order valence-corrected chi connectivity index (χ2v) is 21.0. The van der Waals surface area contributed by atoms with Crippen LogP contribution in [-0.2, 0) is 0 Å². The van der Waals surface area contributed by atoms with Gasteiger partial charge in [-0.3, -0.25) is 0 Å². The zero-order chi connectivity index (χ0) is 33.3. The van der Waals surface area contributed by atoms with Gasteiger partial charge in [0.25, 0.3) is 0 Å². The quantitative estimate of drug-likeness (QED) is 0.138. The summed E-state index contributed by atoms with van der Waals surface area (Å²) in [5.41, 5.74) is 3.91. The van der Waals surface area contributed by atoms with Gasteiger partial charge in [-0.2, -0.15) is 10.2 Å². The fraction of sp³-hybridized carbons (Fsp3) is 0.409. The Bertz CT molecular complexity index is 1620. The highest BCUT2D eigenvalue weighted by molar-refractivity contribution is 7.75. The topological polar surface area (TPSA) is 24.7 Å². The number of rotatable bonds is 7. The molecule has 0 radical (unpaired) electrons. The lowest BCUT2D eigenvalue weighted by Gasteiger charge is -2.37. The van der Waals surface area contributed by atoms with Gasteiger partial charge in [0, 0.05) is 22.1 Å². The fourth-order valence-corrected chi connectivity index (χ4v) is 17.3. The van der Waals surface area contributed by atoms with Gasteiger partial charge >= 0.3 is 0 Å². The Kier molecular flexibility index (Phi) is 7.97. The van der Waals surface area contributed by atoms with Gasteiger partial charge in [0.2, 0.25) is 0 Å². The van der Waals surface area contributed by atoms with E-state index in [1.807, 2.05) is 0 Å². The van der Waals surface area contributed by atoms with E-state index in [9.17, 15) is 0 Å². The molecule has 6 atom stereocenters. The number of hydrogen-bond donors (Lipinski definition) is 0. The van der Waals surface area contributed by atoms with Crippen molar-refractivity contribution in [2.24, 2.45) is 43.7 Å². The van der Waals surface area contributed by atoms with Crippen LogP contribution in [0.15, 0.2) is 132 Å². The van der Waals surface area contributed by atoms with Gasteiger partial charge in [0.05, 0.1) is 11.4 Å². The lowest BCUT2D eigenvalue weighted by atomic mass is 9.70. The third-order valence-corrected chi connectivity index (χ3v) is 19.8. The first-order valence-electron chi connectivity index (χ1n) is 18.0. The standard InChI is InChI=1S/C44H50N2P2/c1-41(2)35-27-29-43(41,5)39(37(35)47(31-19-11-7-12-20-31)32-21-13-8-14-22-32)45-46-40-38(36-28-30-44(40,6)42(36,3)4)48(33-23-15-9-16-24-33)34-25-17-10-18-26-34/h7-26,35-38H,27-30H2,1-6H3/b45-39+,46-40+/t35-,36-,37-,38-,43+,44+/m1/s1. The van der Waals surface area contributed by atoms with E-state index in [2.05, 4.69) is 163 Å². The van der Waals surface area contributed by atoms with Crippen LogP contribution in [0.5, 0.6) is 0 Å². The average Bonchev–Trinajstić information content (AvgIpc) is 3.60. The Balaban J connectivity index is 1.33. The Hall–Kier alpha value is -2.92. The molecule has 4 heteroatoms. The van der Waals surface area contributed by atoms with Crippen molar-refractivity contribution in [1.29, 1.82) is 0 Å². The molecule has 8 rings (SSSR count). The summed E-state index contributed by atoms with van der Waals surface area (Å²) in [5, 5.41) is 17.2. The Morgan fingerprint density at radius 3 is 0.979 bits per heavy atom. The maximum atomic E-state index is 5.69. The highest BCUT2D eigenvalue weighted by atomic mass is 31.1. The summed E-state index contributed by atoms with van der Waals surface area (Å²) >= 11 is 0. The molecule has 0 aliphatic heterocycles. The lowest BCUT2D eigenvalue weighted by molar-refractivity contribution is 0.194. The Labute approximate surface area is 291 Å². The van der Waals surface area contributed by atoms with Crippen molar-refractivity contribution in [1.82, 2.24) is 0 Å². The summed E-state index contributed by atoms with van der Waals surface area (Å²) in [6, 6.07) is 45.4. The second kappa shape index (κ2) is 11.9. The summed E-state index contributed by atoms with van der Waals surface area (Å²) < 4.78 is 0. The largest absolute Gasteiger partial charge is 0.159 e. The first-order chi connectivity index (χ1) is 23.1. The van der Waals surface area contributed by atoms with Crippen LogP contribution < -0.4 is 21.2 Å². The van der Waals surface area contributed by atoms with E-state index in [1.165, 1.54) is 58.3 Å². The maximum absolute atomic E-state index is 5.69. The van der Waals surface area contributed by atoms with Crippen LogP contribution in [0.4, 0.5) is 0 Å². The zero-order valence-corrected chi connectivity index (χ0v) is 31.3. The molecule has 4 bridgehead atoms. The summed E-state index contributed by atoms with van der Waals surface area (Å²) in [5.74, 6) is 1.17. The van der Waals surface area contributed by atoms with Gasteiger partial charge in [0.15, 0.2) is 0 Å². The van der Waals surface area contributed by atoms with Gasteiger partial charge in [0.1, 0.15) is 0 Å². The molecule has 4 saturated carbocycles. The third-order valence-electron chi connectivity index (χ3n) is 14.0. The van der Waals surface area contributed by atoms with E-state index >= 15 is 0 Å². The summed E-state index contributed by atoms with van der Waals surface area (Å²) in [4.78, 5) is 0. The van der Waals surface area contributed by atoms with Crippen LogP contribution in [0.25, 0.3) is 0 Å². The third kappa shape index (κ3) is 4.65. The molecule has 0 N–H and O–H groups in total. The predicted octanol–water partition coefficient (Wildman–Crippen LogP) is 9.70. The van der Waals surface area contributed by atoms with Crippen molar-refractivity contribution in [3.63, 3.8) is 0 Å². The molecule has 4 fully saturated rings. The minimum atomic E-state index is -0.649. The molecule has 4 aromatic rings. The number of hydrogen-bond acceptors (Lipinski definition) is 2. The molecule has 2 nitrogen and oxygen atoms in total. The van der Waals surface area contributed by atoms with Crippen molar-refractivity contribution in [2.75, 3.05) is 0 Å². The molecular formula is C44H50N2P2. The molecule has 0 unspecified atom stereocenters. The lowest BCUT2D eigenvalue weighted by Crippen LogP contribution is -2.39. The molecule has 0 amide bonds. The van der Waals surface area contributed by atoms with Gasteiger partial charge in [-0.25, -0.2) is 0 Å². The van der Waals surface area contributed by atoms with Crippen molar-refractivity contribution in [3.05, 3.63) is 121 Å². The molecule has 246 valence electrons. The second-order valence-electron chi connectivity index (χ2n) is 16.3. The molecule has 4 aliphatic carbocycles. The summed E-state index contributed by atoms with van der Waals surface area (Å²) in [6.45, 7) is 15.2. The van der Waals surface area contributed by atoms with Crippen molar-refractivity contribution in [2.45, 2.75) is 78.5 Å². The number of nitrogens with zero attached hydrogens (tertiary/aromatic N) is 2. The number of fused-ring (bicyclic) bond motifs is 4. The molecule has 0 heterocycles. The van der Waals surface area contributed by atoms with E-state index in [0.29, 0.717) is 23.2 Å². The van der Waals surface area contributed by atoms with Crippen molar-refractivity contribution in [3.8, 4) is 0 Å². The van der Waals surface area contributed by atoms with Crippen LogP contribution in [0, 0.1) is 33.5 Å². The molecule has 0 saturated heterocycles. The maximum Gasteiger partial charge on any atom is 0.0552 e. The Morgan fingerprint density at radius 2 is 0.708 bits per heavy atom. The first-order valence-corrected chi connectivity index (χ1v) is 20.9. The molecule has 4 aliphatic rings. The van der Waals surface area contributed by atoms with Gasteiger partial charge < -0.3 is 0 Å². The van der Waals surface area contributed by atoms with E-state index in [0.717, 1.165) is 0 Å². The zero-order valence-electron chi connectivity index (χ0n) is 29.5. The Morgan fingerprint density at radius 1 is 0.438 bits per heavy atom. The monoisotopic (exact) mass is 668 g/mol. The minimum Gasteiger partial charge on any atom is -0.159 e. The normalized spacial score (nSPS) is 33.0. The van der Waals surface area contributed by atoms with E-state index < -0.39 is 15.8 Å². The van der Waals surface area contributed by atoms with Crippen LogP contribution in [0.1, 0.15) is 67.2 Å². The smallest absolute Gasteiger partial charge is 0.0552 e. The molecule has 48 heavy (non-hydrogen) atoms. The van der Waals surface area contributed by atoms with Gasteiger partial charge in [-0.15, -0.1) is 0 Å². The summed E-state index contributed by atoms with van der Waals surface area (Å²) in [6.07, 6.45) is 4.94. The first kappa shape index (κ1) is 32.3. The van der Waals surface area contributed by atoms with Crippen LogP contribution >= 0.6 is 15.8 Å². The van der Waals surface area contributed by atoms with Gasteiger partial charge in [-0.1, -0.05) is 163 Å². The predicted molar refractivity (Wildman–Crippen MR) is 210 cm³/mol. The highest BCUT2D eigenvalue weighted by Crippen LogP contribution is 2.72. The van der Waals surface area contributed by atoms with Crippen LogP contribution in [0.3, 0.4) is 0 Å². The highest BCUT2D eigenvalue weighted by Gasteiger charge is 2.68. The van der Waals surface area contributed by atoms with E-state index in [-0.39, 0.29) is 21.7 Å². The van der Waals surface area contributed by atoms with Crippen LogP contribution in [0.2, 0.25) is 0 Å². The molecule has 0 aromatic heterocycles. The molecule has 4 aromatic carbocycles. The molecule has 0 spiro atoms. The fourth-order valence-electron chi connectivity index (χ4n) is 10.5. The van der Waals surface area contributed by atoms with Crippen molar-refractivity contribution >= 4 is 48.5 Å². The van der Waals surface area contributed by atoms with Crippen molar-refractivity contribution < 1.29 is 0 Å². The van der Waals surface area contributed by atoms with E-state index in [1.54, 1.807) is 0 Å². The number of benzene rings is 4. The molecular weight excluding hydrogens is 618 g/mol. The minimum absolute atomic E-state index is 0.0314. The van der Waals surface area contributed by atoms with Crippen LogP contribution in [-0.4, -0.2) is 22.7 Å². The SMILES string of the molecule is CC1(C)[C@@H]2CC[C@@]1(C)/C(=N/N=C1\[C@H](P(c3ccccc3)c3ccccc3)[C@H]3CC[C@]1(C)C3(C)C)[C@@H]2P(c1ccccc1)c1ccccc1.